The zero-order valence-electron chi connectivity index (χ0n) is 14.7. The Labute approximate surface area is 156 Å². The number of carbonyl (C=O) groups is 1. The van der Waals surface area contributed by atoms with Gasteiger partial charge in [0, 0.05) is 18.7 Å². The quantitative estimate of drug-likeness (QED) is 0.731. The summed E-state index contributed by atoms with van der Waals surface area (Å²) in [5.41, 5.74) is 2.97. The minimum absolute atomic E-state index is 0.0544. The normalized spacial score (nSPS) is 15.8. The van der Waals surface area contributed by atoms with Crippen LogP contribution in [0.3, 0.4) is 0 Å². The first-order chi connectivity index (χ1) is 13.0. The second-order valence-electron chi connectivity index (χ2n) is 6.31. The van der Waals surface area contributed by atoms with Crippen LogP contribution < -0.4 is 24.8 Å². The molecule has 0 saturated carbocycles. The Morgan fingerprint density at radius 2 is 2.11 bits per heavy atom. The van der Waals surface area contributed by atoms with Gasteiger partial charge in [0.2, 0.25) is 0 Å². The van der Waals surface area contributed by atoms with Gasteiger partial charge in [-0.3, -0.25) is 9.52 Å². The van der Waals surface area contributed by atoms with Crippen molar-refractivity contribution in [2.75, 3.05) is 30.3 Å². The molecular weight excluding hydrogens is 370 g/mol. The number of nitrogens with one attached hydrogen (secondary N) is 3. The number of hydrogen-bond acceptors (Lipinski definition) is 6. The fourth-order valence-electron chi connectivity index (χ4n) is 3.27. The molecule has 0 atom stereocenters. The van der Waals surface area contributed by atoms with Crippen molar-refractivity contribution in [3.63, 3.8) is 0 Å². The third kappa shape index (κ3) is 3.31. The first-order valence-electron chi connectivity index (χ1n) is 8.47. The highest BCUT2D eigenvalue weighted by atomic mass is 32.2. The van der Waals surface area contributed by atoms with Crippen LogP contribution in [-0.2, 0) is 27.8 Å². The van der Waals surface area contributed by atoms with Gasteiger partial charge in [0.15, 0.2) is 6.61 Å². The van der Waals surface area contributed by atoms with Gasteiger partial charge in [-0.15, -0.1) is 0 Å². The smallest absolute Gasteiger partial charge is 0.265 e. The van der Waals surface area contributed by atoms with E-state index in [1.807, 2.05) is 12.1 Å². The number of rotatable bonds is 4. The van der Waals surface area contributed by atoms with Gasteiger partial charge in [0.1, 0.15) is 16.4 Å². The van der Waals surface area contributed by atoms with Crippen LogP contribution in [-0.4, -0.2) is 34.6 Å². The SMILES string of the molecule is COc1cc2c(cc1S(=O)(=O)Nc1cccc3c1CNCC3)OCC(=O)N2. The lowest BCUT2D eigenvalue weighted by Crippen LogP contribution is -2.26. The Balaban J connectivity index is 1.74. The maximum Gasteiger partial charge on any atom is 0.265 e. The van der Waals surface area contributed by atoms with Crippen molar-refractivity contribution >= 4 is 27.3 Å². The number of carbonyl (C=O) groups excluding carboxylic acids is 1. The van der Waals surface area contributed by atoms with Crippen molar-refractivity contribution in [2.45, 2.75) is 17.9 Å². The fraction of sp³-hybridized carbons (Fsp3) is 0.278. The first-order valence-corrected chi connectivity index (χ1v) is 9.95. The van der Waals surface area contributed by atoms with E-state index < -0.39 is 10.0 Å². The molecule has 27 heavy (non-hydrogen) atoms. The Bertz CT molecular complexity index is 1020. The molecule has 9 heteroatoms. The molecule has 142 valence electrons. The van der Waals surface area contributed by atoms with Crippen LogP contribution >= 0.6 is 0 Å². The van der Waals surface area contributed by atoms with Crippen LogP contribution in [0, 0.1) is 0 Å². The highest BCUT2D eigenvalue weighted by Crippen LogP contribution is 2.38. The van der Waals surface area contributed by atoms with Crippen LogP contribution in [0.15, 0.2) is 35.2 Å². The zero-order valence-corrected chi connectivity index (χ0v) is 15.5. The predicted octanol–water partition coefficient (Wildman–Crippen LogP) is 1.47. The summed E-state index contributed by atoms with van der Waals surface area (Å²) < 4.78 is 39.4. The van der Waals surface area contributed by atoms with Crippen LogP contribution in [0.2, 0.25) is 0 Å². The lowest BCUT2D eigenvalue weighted by atomic mass is 10.00. The predicted molar refractivity (Wildman–Crippen MR) is 99.8 cm³/mol. The molecule has 2 aromatic rings. The van der Waals surface area contributed by atoms with Crippen molar-refractivity contribution in [3.8, 4) is 11.5 Å². The summed E-state index contributed by atoms with van der Waals surface area (Å²) >= 11 is 0. The number of ether oxygens (including phenoxy) is 2. The van der Waals surface area contributed by atoms with E-state index in [1.165, 1.54) is 19.2 Å². The summed E-state index contributed by atoms with van der Waals surface area (Å²) in [6.45, 7) is 1.31. The van der Waals surface area contributed by atoms with Gasteiger partial charge in [-0.05, 0) is 30.2 Å². The Morgan fingerprint density at radius 3 is 2.93 bits per heavy atom. The molecule has 3 N–H and O–H groups in total. The van der Waals surface area contributed by atoms with Crippen LogP contribution in [0.25, 0.3) is 0 Å². The Hall–Kier alpha value is -2.78. The van der Waals surface area contributed by atoms with Gasteiger partial charge in [0.25, 0.3) is 15.9 Å². The minimum atomic E-state index is -3.93. The third-order valence-corrected chi connectivity index (χ3v) is 5.97. The largest absolute Gasteiger partial charge is 0.495 e. The Kier molecular flexibility index (Phi) is 4.40. The average molecular weight is 389 g/mol. The monoisotopic (exact) mass is 389 g/mol. The number of hydrogen-bond donors (Lipinski definition) is 3. The highest BCUT2D eigenvalue weighted by molar-refractivity contribution is 7.92. The van der Waals surface area contributed by atoms with Gasteiger partial charge in [-0.25, -0.2) is 8.42 Å². The maximum absolute atomic E-state index is 13.1. The molecule has 0 unspecified atom stereocenters. The van der Waals surface area contributed by atoms with Gasteiger partial charge in [-0.2, -0.15) is 0 Å². The van der Waals surface area contributed by atoms with E-state index in [2.05, 4.69) is 15.4 Å². The molecule has 2 aromatic carbocycles. The molecular formula is C18H19N3O5S. The lowest BCUT2D eigenvalue weighted by Gasteiger charge is -2.23. The molecule has 0 aliphatic carbocycles. The van der Waals surface area contributed by atoms with Crippen LogP contribution in [0.5, 0.6) is 11.5 Å². The molecule has 0 bridgehead atoms. The van der Waals surface area contributed by atoms with E-state index in [0.717, 1.165) is 24.1 Å². The minimum Gasteiger partial charge on any atom is -0.495 e. The molecule has 0 saturated heterocycles. The summed E-state index contributed by atoms with van der Waals surface area (Å²) in [5.74, 6) is 0.101. The summed E-state index contributed by atoms with van der Waals surface area (Å²) in [5, 5.41) is 5.89. The zero-order chi connectivity index (χ0) is 19.0. The van der Waals surface area contributed by atoms with E-state index in [1.54, 1.807) is 6.07 Å². The van der Waals surface area contributed by atoms with Crippen molar-refractivity contribution in [2.24, 2.45) is 0 Å². The molecule has 2 aliphatic rings. The topological polar surface area (TPSA) is 106 Å². The molecule has 0 fully saturated rings. The molecule has 0 radical (unpaired) electrons. The lowest BCUT2D eigenvalue weighted by molar-refractivity contribution is -0.118. The number of sulfonamides is 1. The maximum atomic E-state index is 13.1. The Morgan fingerprint density at radius 1 is 1.26 bits per heavy atom. The second-order valence-corrected chi connectivity index (χ2v) is 7.96. The van der Waals surface area contributed by atoms with Crippen molar-refractivity contribution in [1.29, 1.82) is 0 Å². The molecule has 1 amide bonds. The summed E-state index contributed by atoms with van der Waals surface area (Å²) in [6, 6.07) is 8.40. The molecule has 2 aliphatic heterocycles. The first kappa shape index (κ1) is 17.6. The summed E-state index contributed by atoms with van der Waals surface area (Å²) in [7, 11) is -2.56. The molecule has 4 rings (SSSR count). The van der Waals surface area contributed by atoms with E-state index >= 15 is 0 Å². The third-order valence-electron chi connectivity index (χ3n) is 4.58. The van der Waals surface area contributed by atoms with E-state index in [0.29, 0.717) is 17.9 Å². The number of benzene rings is 2. The van der Waals surface area contributed by atoms with E-state index in [9.17, 15) is 13.2 Å². The van der Waals surface area contributed by atoms with Crippen molar-refractivity contribution in [3.05, 3.63) is 41.5 Å². The van der Waals surface area contributed by atoms with E-state index in [-0.39, 0.29) is 28.9 Å². The number of anilines is 2. The van der Waals surface area contributed by atoms with Gasteiger partial charge in [-0.1, -0.05) is 12.1 Å². The van der Waals surface area contributed by atoms with Gasteiger partial charge >= 0.3 is 0 Å². The number of amides is 1. The van der Waals surface area contributed by atoms with E-state index in [4.69, 9.17) is 9.47 Å². The van der Waals surface area contributed by atoms with Crippen LogP contribution in [0.1, 0.15) is 11.1 Å². The number of methoxy groups -OCH3 is 1. The van der Waals surface area contributed by atoms with Gasteiger partial charge < -0.3 is 20.1 Å². The standard InChI is InChI=1S/C18H19N3O5S/c1-25-16-7-14-15(26-10-18(22)20-14)8-17(16)27(23,24)21-13-4-2-3-11-5-6-19-9-12(11)13/h2-4,7-8,19,21H,5-6,9-10H2,1H3,(H,20,22). The molecule has 2 heterocycles. The molecule has 8 nitrogen and oxygen atoms in total. The highest BCUT2D eigenvalue weighted by Gasteiger charge is 2.27. The fourth-order valence-corrected chi connectivity index (χ4v) is 4.53. The average Bonchev–Trinajstić information content (AvgIpc) is 2.67. The van der Waals surface area contributed by atoms with Crippen LogP contribution in [0.4, 0.5) is 11.4 Å². The van der Waals surface area contributed by atoms with Crippen molar-refractivity contribution < 1.29 is 22.7 Å². The number of fused-ring (bicyclic) bond motifs is 2. The summed E-state index contributed by atoms with van der Waals surface area (Å²) in [6.07, 6.45) is 0.848. The van der Waals surface area contributed by atoms with Gasteiger partial charge in [0.05, 0.1) is 18.5 Å². The van der Waals surface area contributed by atoms with Crippen molar-refractivity contribution in [1.82, 2.24) is 5.32 Å². The summed E-state index contributed by atoms with van der Waals surface area (Å²) in [4.78, 5) is 11.4. The molecule has 0 spiro atoms. The molecule has 0 aromatic heterocycles. The second kappa shape index (κ2) is 6.75.